The Balaban J connectivity index is 1.69. The third kappa shape index (κ3) is 8.07. The monoisotopic (exact) mass is 611 g/mol. The van der Waals surface area contributed by atoms with E-state index in [4.69, 9.17) is 14.2 Å². The maximum absolute atomic E-state index is 13.8. The zero-order valence-corrected chi connectivity index (χ0v) is 25.9. The molecule has 2 N–H and O–H groups in total. The highest BCUT2D eigenvalue weighted by molar-refractivity contribution is 7.93. The molecule has 0 spiro atoms. The standard InChI is InChI=1S/C29H45N3O9S/c1-7-29(4,5)28(36)41-18-40-26(33)16-22-17-30-32-13-8-21(15-24(22)32)20(3)25(14-19(2)27(34)35)42(37,38)31-11-9-23(39-6)10-12-31/h14,21-24,30H,2-3,7-13,15-18H2,1,4-6H3,(H,34,35)/b25-14+. The number of rotatable bonds is 13. The number of aliphatic carboxylic acids is 1. The van der Waals surface area contributed by atoms with Crippen molar-refractivity contribution in [1.82, 2.24) is 14.7 Å². The second-order valence-electron chi connectivity index (χ2n) is 11.8. The van der Waals surface area contributed by atoms with Crippen molar-refractivity contribution < 1.29 is 42.1 Å². The largest absolute Gasteiger partial charge is 0.478 e. The van der Waals surface area contributed by atoms with Crippen LogP contribution in [0.15, 0.2) is 35.3 Å². The second-order valence-corrected chi connectivity index (χ2v) is 13.7. The molecule has 3 fully saturated rings. The minimum absolute atomic E-state index is 0.0286. The number of hydrazine groups is 1. The fourth-order valence-electron chi connectivity index (χ4n) is 5.50. The predicted molar refractivity (Wildman–Crippen MR) is 155 cm³/mol. The van der Waals surface area contributed by atoms with Gasteiger partial charge in [-0.3, -0.25) is 15.0 Å². The zero-order valence-electron chi connectivity index (χ0n) is 25.1. The highest BCUT2D eigenvalue weighted by Gasteiger charge is 2.42. The Morgan fingerprint density at radius 2 is 1.76 bits per heavy atom. The first-order valence-corrected chi connectivity index (χ1v) is 15.8. The van der Waals surface area contributed by atoms with Gasteiger partial charge in [0.05, 0.1) is 28.4 Å². The van der Waals surface area contributed by atoms with Crippen LogP contribution in [-0.4, -0.2) is 93.0 Å². The quantitative estimate of drug-likeness (QED) is 0.137. The van der Waals surface area contributed by atoms with Crippen LogP contribution in [0, 0.1) is 17.3 Å². The minimum Gasteiger partial charge on any atom is -0.478 e. The Morgan fingerprint density at radius 1 is 1.10 bits per heavy atom. The molecule has 0 aromatic rings. The first-order valence-electron chi connectivity index (χ1n) is 14.4. The molecular weight excluding hydrogens is 566 g/mol. The molecule has 13 heteroatoms. The van der Waals surface area contributed by atoms with Crippen LogP contribution in [0.5, 0.6) is 0 Å². The first kappa shape index (κ1) is 33.9. The van der Waals surface area contributed by atoms with E-state index in [2.05, 4.69) is 23.6 Å². The van der Waals surface area contributed by atoms with E-state index in [1.807, 2.05) is 6.92 Å². The summed E-state index contributed by atoms with van der Waals surface area (Å²) in [5.41, 5.74) is 2.64. The number of hydrogen-bond donors (Lipinski definition) is 2. The van der Waals surface area contributed by atoms with Crippen LogP contribution < -0.4 is 5.43 Å². The molecule has 0 radical (unpaired) electrons. The lowest BCUT2D eigenvalue weighted by atomic mass is 9.81. The zero-order chi connectivity index (χ0) is 31.2. The molecule has 3 atom stereocenters. The molecule has 0 saturated carbocycles. The molecule has 0 amide bonds. The SMILES string of the molecule is C=C(/C=C(\C(=C)C1CCN2NCC(CC(=O)OCOC(=O)C(C)(C)CC)C2C1)S(=O)(=O)N1CCC(OC)CC1)C(=O)O. The number of carboxylic acid groups (broad SMARTS) is 1. The predicted octanol–water partition coefficient (Wildman–Crippen LogP) is 2.59. The number of nitrogens with zero attached hydrogens (tertiary/aromatic N) is 2. The second kappa shape index (κ2) is 14.3. The van der Waals surface area contributed by atoms with E-state index in [0.29, 0.717) is 50.8 Å². The molecule has 236 valence electrons. The van der Waals surface area contributed by atoms with E-state index in [1.54, 1.807) is 21.0 Å². The number of sulfonamides is 1. The number of carbonyl (C=O) groups is 3. The Morgan fingerprint density at radius 3 is 2.36 bits per heavy atom. The normalized spacial score (nSPS) is 24.6. The molecule has 3 rings (SSSR count). The van der Waals surface area contributed by atoms with E-state index in [0.717, 1.165) is 6.08 Å². The summed E-state index contributed by atoms with van der Waals surface area (Å²) in [5, 5.41) is 11.5. The van der Waals surface area contributed by atoms with E-state index in [1.165, 1.54) is 4.31 Å². The van der Waals surface area contributed by atoms with Crippen molar-refractivity contribution in [1.29, 1.82) is 0 Å². The summed E-state index contributed by atoms with van der Waals surface area (Å²) in [6.07, 6.45) is 3.95. The smallest absolute Gasteiger partial charge is 0.335 e. The Bertz CT molecular complexity index is 1190. The van der Waals surface area contributed by atoms with E-state index >= 15 is 0 Å². The first-order chi connectivity index (χ1) is 19.7. The number of methoxy groups -OCH3 is 1. The lowest BCUT2D eigenvalue weighted by Gasteiger charge is -2.38. The lowest BCUT2D eigenvalue weighted by molar-refractivity contribution is -0.174. The van der Waals surface area contributed by atoms with Gasteiger partial charge < -0.3 is 19.3 Å². The van der Waals surface area contributed by atoms with E-state index in [9.17, 15) is 27.9 Å². The van der Waals surface area contributed by atoms with Gasteiger partial charge in [-0.05, 0) is 63.5 Å². The Hall–Kier alpha value is -2.58. The van der Waals surface area contributed by atoms with Crippen LogP contribution in [0.1, 0.15) is 59.3 Å². The van der Waals surface area contributed by atoms with Gasteiger partial charge in [0.15, 0.2) is 0 Å². The number of piperidine rings is 2. The molecule has 0 aromatic carbocycles. The van der Waals surface area contributed by atoms with E-state index in [-0.39, 0.29) is 54.0 Å². The number of esters is 2. The molecule has 0 aliphatic carbocycles. The van der Waals surface area contributed by atoms with Crippen molar-refractivity contribution in [3.05, 3.63) is 35.3 Å². The topological polar surface area (TPSA) is 152 Å². The maximum Gasteiger partial charge on any atom is 0.335 e. The molecular formula is C29H45N3O9S. The fourth-order valence-corrected chi connectivity index (χ4v) is 7.26. The number of hydrogen-bond acceptors (Lipinski definition) is 10. The van der Waals surface area contributed by atoms with Gasteiger partial charge in [0.25, 0.3) is 0 Å². The molecule has 3 unspecified atom stereocenters. The summed E-state index contributed by atoms with van der Waals surface area (Å²) in [4.78, 5) is 36.2. The van der Waals surface area contributed by atoms with Gasteiger partial charge >= 0.3 is 17.9 Å². The van der Waals surface area contributed by atoms with Crippen molar-refractivity contribution in [2.24, 2.45) is 17.3 Å². The molecule has 0 bridgehead atoms. The molecule has 42 heavy (non-hydrogen) atoms. The number of carbonyl (C=O) groups excluding carboxylic acids is 2. The lowest BCUT2D eigenvalue weighted by Crippen LogP contribution is -2.46. The summed E-state index contributed by atoms with van der Waals surface area (Å²) in [6.45, 7) is 14.3. The van der Waals surface area contributed by atoms with Crippen molar-refractivity contribution in [2.45, 2.75) is 71.4 Å². The third-order valence-corrected chi connectivity index (χ3v) is 10.7. The van der Waals surface area contributed by atoms with Gasteiger partial charge in [-0.1, -0.05) is 20.1 Å². The molecule has 3 saturated heterocycles. The van der Waals surface area contributed by atoms with Crippen LogP contribution in [-0.2, 0) is 38.6 Å². The fraction of sp³-hybridized carbons (Fsp3) is 0.690. The summed E-state index contributed by atoms with van der Waals surface area (Å²) in [7, 11) is -2.45. The summed E-state index contributed by atoms with van der Waals surface area (Å²) < 4.78 is 44.6. The molecule has 3 aliphatic rings. The minimum atomic E-state index is -4.05. The average Bonchev–Trinajstić information content (AvgIpc) is 3.36. The number of carboxylic acids is 1. The van der Waals surface area contributed by atoms with Gasteiger partial charge in [0.2, 0.25) is 16.8 Å². The van der Waals surface area contributed by atoms with Crippen molar-refractivity contribution in [3.8, 4) is 0 Å². The summed E-state index contributed by atoms with van der Waals surface area (Å²) in [5.74, 6) is -2.63. The molecule has 3 aliphatic heterocycles. The van der Waals surface area contributed by atoms with Crippen LogP contribution in [0.4, 0.5) is 0 Å². The highest BCUT2D eigenvalue weighted by atomic mass is 32.2. The highest BCUT2D eigenvalue weighted by Crippen LogP contribution is 2.39. The number of allylic oxidation sites excluding steroid dienone is 1. The third-order valence-electron chi connectivity index (χ3n) is 8.76. The maximum atomic E-state index is 13.8. The van der Waals surface area contributed by atoms with Gasteiger partial charge in [-0.15, -0.1) is 0 Å². The molecule has 3 heterocycles. The van der Waals surface area contributed by atoms with Crippen LogP contribution >= 0.6 is 0 Å². The Kier molecular flexibility index (Phi) is 11.5. The summed E-state index contributed by atoms with van der Waals surface area (Å²) in [6, 6.07) is -0.0984. The number of fused-ring (bicyclic) bond motifs is 1. The Labute approximate surface area is 248 Å². The van der Waals surface area contributed by atoms with Crippen LogP contribution in [0.25, 0.3) is 0 Å². The van der Waals surface area contributed by atoms with Crippen LogP contribution in [0.3, 0.4) is 0 Å². The van der Waals surface area contributed by atoms with Gasteiger partial charge in [-0.2, -0.15) is 4.31 Å². The number of nitrogens with one attached hydrogen (secondary N) is 1. The van der Waals surface area contributed by atoms with Gasteiger partial charge in [0, 0.05) is 45.2 Å². The van der Waals surface area contributed by atoms with E-state index < -0.39 is 40.1 Å². The van der Waals surface area contributed by atoms with Gasteiger partial charge in [0.1, 0.15) is 0 Å². The average molecular weight is 612 g/mol. The summed E-state index contributed by atoms with van der Waals surface area (Å²) >= 11 is 0. The van der Waals surface area contributed by atoms with Crippen LogP contribution in [0.2, 0.25) is 0 Å². The number of ether oxygens (including phenoxy) is 3. The van der Waals surface area contributed by atoms with Crippen molar-refractivity contribution in [2.75, 3.05) is 40.1 Å². The molecule has 0 aromatic heterocycles. The van der Waals surface area contributed by atoms with Crippen molar-refractivity contribution >= 4 is 27.9 Å². The van der Waals surface area contributed by atoms with Gasteiger partial charge in [-0.25, -0.2) is 18.2 Å². The van der Waals surface area contributed by atoms with Crippen molar-refractivity contribution in [3.63, 3.8) is 0 Å². The molecule has 12 nitrogen and oxygen atoms in total.